The van der Waals surface area contributed by atoms with Gasteiger partial charge in [-0.3, -0.25) is 4.79 Å². The van der Waals surface area contributed by atoms with Crippen molar-refractivity contribution < 1.29 is 19.1 Å². The highest BCUT2D eigenvalue weighted by atomic mass is 32.2. The Morgan fingerprint density at radius 1 is 1.00 bits per heavy atom. The topological polar surface area (TPSA) is 64.6 Å². The van der Waals surface area contributed by atoms with E-state index in [-0.39, 0.29) is 11.9 Å². The van der Waals surface area contributed by atoms with E-state index < -0.39 is 0 Å². The third-order valence-electron chi connectivity index (χ3n) is 4.53. The molecule has 5 nitrogen and oxygen atoms in total. The maximum Gasteiger partial charge on any atom is 0.340 e. The van der Waals surface area contributed by atoms with Gasteiger partial charge in [0.25, 0.3) is 0 Å². The number of nitrogens with one attached hydrogen (secondary N) is 1. The van der Waals surface area contributed by atoms with Crippen molar-refractivity contribution in [3.8, 4) is 0 Å². The van der Waals surface area contributed by atoms with Crippen LogP contribution in [0.25, 0.3) is 0 Å². The molecule has 0 aliphatic carbocycles. The van der Waals surface area contributed by atoms with Gasteiger partial charge in [-0.25, -0.2) is 4.79 Å². The molecule has 1 aromatic rings. The number of benzene rings is 1. The van der Waals surface area contributed by atoms with Crippen molar-refractivity contribution in [1.82, 2.24) is 0 Å². The van der Waals surface area contributed by atoms with Crippen LogP contribution in [0.15, 0.2) is 23.1 Å². The molecule has 6 heteroatoms. The van der Waals surface area contributed by atoms with Gasteiger partial charge in [0.2, 0.25) is 0 Å². The quantitative estimate of drug-likeness (QED) is 0.228. The molecule has 28 heavy (non-hydrogen) atoms. The normalized spacial score (nSPS) is 10.5. The molecule has 1 aromatic carbocycles. The van der Waals surface area contributed by atoms with Gasteiger partial charge in [-0.1, -0.05) is 38.5 Å². The molecule has 0 heterocycles. The summed E-state index contributed by atoms with van der Waals surface area (Å²) in [4.78, 5) is 24.2. The first-order valence-electron chi connectivity index (χ1n) is 10.3. The third kappa shape index (κ3) is 10.0. The van der Waals surface area contributed by atoms with Crippen LogP contribution in [0.3, 0.4) is 0 Å². The molecule has 0 fully saturated rings. The summed E-state index contributed by atoms with van der Waals surface area (Å²) in [6, 6.07) is 5.91. The molecule has 0 aromatic heterocycles. The number of thioether (sulfide) groups is 1. The molecular formula is C22H35NO4S. The third-order valence-corrected chi connectivity index (χ3v) is 5.61. The molecule has 0 saturated carbocycles. The van der Waals surface area contributed by atoms with E-state index in [9.17, 15) is 9.59 Å². The van der Waals surface area contributed by atoms with Gasteiger partial charge in [0, 0.05) is 24.1 Å². The van der Waals surface area contributed by atoms with Crippen LogP contribution >= 0.6 is 11.8 Å². The van der Waals surface area contributed by atoms with Crippen LogP contribution in [-0.4, -0.2) is 38.5 Å². The summed E-state index contributed by atoms with van der Waals surface area (Å²) >= 11 is 1.79. The van der Waals surface area contributed by atoms with E-state index in [1.807, 2.05) is 32.2 Å². The zero-order chi connectivity index (χ0) is 20.6. The first-order chi connectivity index (χ1) is 13.6. The molecule has 0 amide bonds. The minimum absolute atomic E-state index is 0.104. The van der Waals surface area contributed by atoms with E-state index >= 15 is 0 Å². The number of methoxy groups -OCH3 is 1. The van der Waals surface area contributed by atoms with Gasteiger partial charge in [0.05, 0.1) is 19.3 Å². The van der Waals surface area contributed by atoms with Gasteiger partial charge in [-0.15, -0.1) is 11.8 Å². The lowest BCUT2D eigenvalue weighted by Crippen LogP contribution is -2.08. The van der Waals surface area contributed by atoms with Gasteiger partial charge in [-0.2, -0.15) is 0 Å². The average molecular weight is 410 g/mol. The van der Waals surface area contributed by atoms with Gasteiger partial charge < -0.3 is 14.8 Å². The van der Waals surface area contributed by atoms with E-state index in [0.29, 0.717) is 18.6 Å². The number of carbonyl (C=O) groups is 2. The molecule has 0 spiro atoms. The number of rotatable bonds is 15. The number of hydrogen-bond donors (Lipinski definition) is 1. The molecule has 0 aliphatic rings. The lowest BCUT2D eigenvalue weighted by atomic mass is 10.1. The van der Waals surface area contributed by atoms with Crippen molar-refractivity contribution >= 4 is 29.4 Å². The Labute approximate surface area is 173 Å². The molecule has 0 aliphatic heterocycles. The van der Waals surface area contributed by atoms with Gasteiger partial charge in [0.1, 0.15) is 0 Å². The van der Waals surface area contributed by atoms with Gasteiger partial charge in [-0.05, 0) is 43.7 Å². The van der Waals surface area contributed by atoms with Crippen LogP contribution in [-0.2, 0) is 14.3 Å². The predicted octanol–water partition coefficient (Wildman–Crippen LogP) is 5.68. The summed E-state index contributed by atoms with van der Waals surface area (Å²) in [5.74, 6) is 0.675. The second-order valence-electron chi connectivity index (χ2n) is 6.68. The minimum atomic E-state index is -0.277. The lowest BCUT2D eigenvalue weighted by Gasteiger charge is -2.10. The Kier molecular flexibility index (Phi) is 13.3. The van der Waals surface area contributed by atoms with E-state index in [2.05, 4.69) is 10.1 Å². The van der Waals surface area contributed by atoms with Crippen molar-refractivity contribution in [2.45, 2.75) is 69.6 Å². The predicted molar refractivity (Wildman–Crippen MR) is 116 cm³/mol. The van der Waals surface area contributed by atoms with Crippen molar-refractivity contribution in [3.63, 3.8) is 0 Å². The molecule has 1 N–H and O–H groups in total. The van der Waals surface area contributed by atoms with E-state index in [4.69, 9.17) is 4.74 Å². The molecule has 0 unspecified atom stereocenters. The van der Waals surface area contributed by atoms with Crippen molar-refractivity contribution in [1.29, 1.82) is 0 Å². The highest BCUT2D eigenvalue weighted by Gasteiger charge is 2.12. The maximum absolute atomic E-state index is 12.1. The first kappa shape index (κ1) is 24.3. The second kappa shape index (κ2) is 15.3. The number of unbranched alkanes of at least 4 members (excludes halogenated alkanes) is 7. The molecule has 0 atom stereocenters. The van der Waals surface area contributed by atoms with Crippen LogP contribution in [0.2, 0.25) is 0 Å². The fraction of sp³-hybridized carbons (Fsp3) is 0.636. The van der Waals surface area contributed by atoms with Crippen LogP contribution in [0.5, 0.6) is 0 Å². The monoisotopic (exact) mass is 409 g/mol. The molecule has 1 rings (SSSR count). The summed E-state index contributed by atoms with van der Waals surface area (Å²) in [7, 11) is 3.25. The summed E-state index contributed by atoms with van der Waals surface area (Å²) < 4.78 is 9.78. The van der Waals surface area contributed by atoms with Crippen molar-refractivity contribution in [3.05, 3.63) is 23.8 Å². The van der Waals surface area contributed by atoms with E-state index in [1.165, 1.54) is 45.6 Å². The zero-order valence-electron chi connectivity index (χ0n) is 17.6. The summed E-state index contributed by atoms with van der Waals surface area (Å²) in [6.07, 6.45) is 9.94. The fourth-order valence-corrected chi connectivity index (χ4v) is 3.88. The van der Waals surface area contributed by atoms with Crippen molar-refractivity contribution in [2.24, 2.45) is 0 Å². The highest BCUT2D eigenvalue weighted by Crippen LogP contribution is 2.26. The number of carbonyl (C=O) groups excluding carboxylic acids is 2. The first-order valence-corrected chi connectivity index (χ1v) is 11.3. The second-order valence-corrected chi connectivity index (χ2v) is 7.85. The maximum atomic E-state index is 12.1. The van der Waals surface area contributed by atoms with Crippen LogP contribution in [0.4, 0.5) is 5.69 Å². The standard InChI is InChI=1S/C22H35NO4S/c1-4-27-22(25)19-17-18(14-15-20(19)23-2)28-16-12-10-8-6-5-7-9-11-13-21(24)26-3/h14-15,17,23H,4-13,16H2,1-3H3. The Morgan fingerprint density at radius 2 is 1.64 bits per heavy atom. The molecule has 0 saturated heterocycles. The van der Waals surface area contributed by atoms with E-state index in [0.717, 1.165) is 29.2 Å². The largest absolute Gasteiger partial charge is 0.469 e. The SMILES string of the molecule is CCOC(=O)c1cc(SCCCCCCCCCCC(=O)OC)ccc1NC. The lowest BCUT2D eigenvalue weighted by molar-refractivity contribution is -0.140. The number of hydrogen-bond acceptors (Lipinski definition) is 6. The van der Waals surface area contributed by atoms with Crippen LogP contribution in [0, 0.1) is 0 Å². The van der Waals surface area contributed by atoms with Crippen molar-refractivity contribution in [2.75, 3.05) is 31.8 Å². The summed E-state index contributed by atoms with van der Waals surface area (Å²) in [5, 5.41) is 3.05. The Morgan fingerprint density at radius 3 is 2.25 bits per heavy atom. The van der Waals surface area contributed by atoms with E-state index in [1.54, 1.807) is 11.8 Å². The zero-order valence-corrected chi connectivity index (χ0v) is 18.4. The molecule has 0 radical (unpaired) electrons. The van der Waals surface area contributed by atoms with Crippen LogP contribution < -0.4 is 5.32 Å². The minimum Gasteiger partial charge on any atom is -0.469 e. The number of ether oxygens (including phenoxy) is 2. The fourth-order valence-electron chi connectivity index (χ4n) is 2.93. The Balaban J connectivity index is 2.15. The average Bonchev–Trinajstić information content (AvgIpc) is 2.71. The van der Waals surface area contributed by atoms with Gasteiger partial charge >= 0.3 is 11.9 Å². The summed E-state index contributed by atoms with van der Waals surface area (Å²) in [6.45, 7) is 2.20. The Hall–Kier alpha value is -1.69. The molecule has 0 bridgehead atoms. The van der Waals surface area contributed by atoms with Gasteiger partial charge in [0.15, 0.2) is 0 Å². The highest BCUT2D eigenvalue weighted by molar-refractivity contribution is 7.99. The number of anilines is 1. The van der Waals surface area contributed by atoms with Crippen LogP contribution in [0.1, 0.15) is 75.1 Å². The number of esters is 2. The smallest absolute Gasteiger partial charge is 0.340 e. The summed E-state index contributed by atoms with van der Waals surface area (Å²) in [5.41, 5.74) is 1.40. The molecule has 158 valence electrons. The molecular weight excluding hydrogens is 374 g/mol. The Bertz CT molecular complexity index is 592.